The van der Waals surface area contributed by atoms with Crippen molar-refractivity contribution < 1.29 is 22.7 Å². The second kappa shape index (κ2) is 10.4. The standard InChI is InChI=1S/C25H27N3O5S/c1-5-33-24(29)19-6-8-20(9-7-19)26-25(30)27-21-10-12-22(13-11-21)34(31,32)28-23-17(3)14-16(2)15-18(23)4/h6-15,28H,5H2,1-4H3,(H2,26,27,30). The number of benzene rings is 3. The highest BCUT2D eigenvalue weighted by Gasteiger charge is 2.17. The SMILES string of the molecule is CCOC(=O)c1ccc(NC(=O)Nc2ccc(S(=O)(=O)Nc3c(C)cc(C)cc3C)cc2)cc1. The molecule has 0 saturated carbocycles. The van der Waals surface area contributed by atoms with Gasteiger partial charge in [-0.2, -0.15) is 0 Å². The molecular weight excluding hydrogens is 454 g/mol. The molecule has 0 aromatic heterocycles. The largest absolute Gasteiger partial charge is 0.462 e. The average Bonchev–Trinajstić information content (AvgIpc) is 2.77. The number of aryl methyl sites for hydroxylation is 3. The Morgan fingerprint density at radius 2 is 1.32 bits per heavy atom. The fraction of sp³-hybridized carbons (Fsp3) is 0.200. The molecule has 0 atom stereocenters. The van der Waals surface area contributed by atoms with Crippen LogP contribution in [-0.2, 0) is 14.8 Å². The molecular formula is C25H27N3O5S. The van der Waals surface area contributed by atoms with Gasteiger partial charge in [0.2, 0.25) is 0 Å². The van der Waals surface area contributed by atoms with Crippen molar-refractivity contribution in [3.8, 4) is 0 Å². The van der Waals surface area contributed by atoms with Crippen LogP contribution in [0.5, 0.6) is 0 Å². The second-order valence-electron chi connectivity index (χ2n) is 7.78. The van der Waals surface area contributed by atoms with Gasteiger partial charge < -0.3 is 15.4 Å². The number of sulfonamides is 1. The molecule has 0 bridgehead atoms. The summed E-state index contributed by atoms with van der Waals surface area (Å²) in [6.07, 6.45) is 0. The van der Waals surface area contributed by atoms with Crippen LogP contribution in [0.3, 0.4) is 0 Å². The third-order valence-corrected chi connectivity index (χ3v) is 6.36. The van der Waals surface area contributed by atoms with Gasteiger partial charge in [-0.15, -0.1) is 0 Å². The number of hydrogen-bond acceptors (Lipinski definition) is 5. The van der Waals surface area contributed by atoms with Gasteiger partial charge in [-0.05, 0) is 87.4 Å². The van der Waals surface area contributed by atoms with Crippen LogP contribution in [-0.4, -0.2) is 27.0 Å². The van der Waals surface area contributed by atoms with Gasteiger partial charge in [0.15, 0.2) is 0 Å². The predicted octanol–water partition coefficient (Wildman–Crippen LogP) is 5.23. The van der Waals surface area contributed by atoms with E-state index in [1.54, 1.807) is 31.2 Å². The van der Waals surface area contributed by atoms with Crippen LogP contribution >= 0.6 is 0 Å². The molecule has 0 heterocycles. The van der Waals surface area contributed by atoms with Crippen molar-refractivity contribution in [3.05, 3.63) is 82.9 Å². The zero-order valence-corrected chi connectivity index (χ0v) is 20.2. The van der Waals surface area contributed by atoms with Gasteiger partial charge in [0.05, 0.1) is 22.8 Å². The summed E-state index contributed by atoms with van der Waals surface area (Å²) in [6.45, 7) is 7.67. The van der Waals surface area contributed by atoms with Crippen LogP contribution in [0.15, 0.2) is 65.6 Å². The number of urea groups is 1. The number of carbonyl (C=O) groups is 2. The fourth-order valence-electron chi connectivity index (χ4n) is 3.45. The van der Waals surface area contributed by atoms with E-state index in [4.69, 9.17) is 4.74 Å². The number of esters is 1. The molecule has 0 unspecified atom stereocenters. The minimum absolute atomic E-state index is 0.0763. The highest BCUT2D eigenvalue weighted by atomic mass is 32.2. The molecule has 8 nitrogen and oxygen atoms in total. The number of carbonyl (C=O) groups excluding carboxylic acids is 2. The van der Waals surface area contributed by atoms with Crippen LogP contribution in [0.2, 0.25) is 0 Å². The number of nitrogens with one attached hydrogen (secondary N) is 3. The zero-order valence-electron chi connectivity index (χ0n) is 19.4. The van der Waals surface area contributed by atoms with E-state index >= 15 is 0 Å². The van der Waals surface area contributed by atoms with Gasteiger partial charge in [0.1, 0.15) is 0 Å². The second-order valence-corrected chi connectivity index (χ2v) is 9.46. The van der Waals surface area contributed by atoms with Crippen molar-refractivity contribution in [2.45, 2.75) is 32.6 Å². The van der Waals surface area contributed by atoms with Gasteiger partial charge in [-0.1, -0.05) is 17.7 Å². The van der Waals surface area contributed by atoms with E-state index in [1.807, 2.05) is 32.9 Å². The van der Waals surface area contributed by atoms with Crippen LogP contribution in [0.4, 0.5) is 21.9 Å². The van der Waals surface area contributed by atoms with Crippen molar-refractivity contribution in [2.24, 2.45) is 0 Å². The first-order valence-electron chi connectivity index (χ1n) is 10.6. The first-order valence-corrected chi connectivity index (χ1v) is 12.1. The van der Waals surface area contributed by atoms with Crippen molar-refractivity contribution in [3.63, 3.8) is 0 Å². The highest BCUT2D eigenvalue weighted by Crippen LogP contribution is 2.25. The summed E-state index contributed by atoms with van der Waals surface area (Å²) in [5.41, 5.74) is 4.58. The van der Waals surface area contributed by atoms with Gasteiger partial charge >= 0.3 is 12.0 Å². The Morgan fingerprint density at radius 1 is 0.824 bits per heavy atom. The first kappa shape index (κ1) is 24.8. The lowest BCUT2D eigenvalue weighted by Crippen LogP contribution is -2.19. The van der Waals surface area contributed by atoms with Crippen LogP contribution in [0.25, 0.3) is 0 Å². The molecule has 0 aliphatic heterocycles. The normalized spacial score (nSPS) is 10.9. The molecule has 3 rings (SSSR count). The summed E-state index contributed by atoms with van der Waals surface area (Å²) < 4.78 is 33.3. The van der Waals surface area contributed by atoms with Gasteiger partial charge in [0.25, 0.3) is 10.0 Å². The molecule has 3 aromatic rings. The third kappa shape index (κ3) is 6.14. The molecule has 2 amide bonds. The number of anilines is 3. The summed E-state index contributed by atoms with van der Waals surface area (Å²) in [6, 6.07) is 15.5. The number of rotatable bonds is 7. The first-order chi connectivity index (χ1) is 16.1. The Bertz CT molecular complexity index is 1280. The zero-order chi connectivity index (χ0) is 24.9. The molecule has 0 aliphatic rings. The Hall–Kier alpha value is -3.85. The molecule has 0 aliphatic carbocycles. The van der Waals surface area contributed by atoms with Gasteiger partial charge in [-0.25, -0.2) is 18.0 Å². The lowest BCUT2D eigenvalue weighted by Gasteiger charge is -2.14. The Morgan fingerprint density at radius 3 is 1.82 bits per heavy atom. The molecule has 0 radical (unpaired) electrons. The van der Waals surface area contributed by atoms with Crippen molar-refractivity contribution in [1.82, 2.24) is 0 Å². The van der Waals surface area contributed by atoms with Crippen LogP contribution < -0.4 is 15.4 Å². The number of hydrogen-bond donors (Lipinski definition) is 3. The summed E-state index contributed by atoms with van der Waals surface area (Å²) in [4.78, 5) is 24.1. The predicted molar refractivity (Wildman–Crippen MR) is 133 cm³/mol. The minimum Gasteiger partial charge on any atom is -0.462 e. The number of amides is 2. The highest BCUT2D eigenvalue weighted by molar-refractivity contribution is 7.92. The topological polar surface area (TPSA) is 114 Å². The summed E-state index contributed by atoms with van der Waals surface area (Å²) >= 11 is 0. The van der Waals surface area contributed by atoms with E-state index in [-0.39, 0.29) is 11.5 Å². The summed E-state index contributed by atoms with van der Waals surface area (Å²) in [5.74, 6) is -0.435. The van der Waals surface area contributed by atoms with E-state index in [9.17, 15) is 18.0 Å². The fourth-order valence-corrected chi connectivity index (χ4v) is 4.65. The third-order valence-electron chi connectivity index (χ3n) is 4.99. The molecule has 0 saturated heterocycles. The number of ether oxygens (including phenoxy) is 1. The Labute approximate surface area is 199 Å². The summed E-state index contributed by atoms with van der Waals surface area (Å²) in [5, 5.41) is 5.29. The van der Waals surface area contributed by atoms with Gasteiger partial charge in [-0.3, -0.25) is 4.72 Å². The monoisotopic (exact) mass is 481 g/mol. The molecule has 9 heteroatoms. The van der Waals surface area contributed by atoms with E-state index < -0.39 is 22.0 Å². The molecule has 34 heavy (non-hydrogen) atoms. The average molecular weight is 482 g/mol. The molecule has 3 N–H and O–H groups in total. The molecule has 0 spiro atoms. The lowest BCUT2D eigenvalue weighted by molar-refractivity contribution is 0.0526. The van der Waals surface area contributed by atoms with Gasteiger partial charge in [0, 0.05) is 11.4 Å². The molecule has 0 fully saturated rings. The van der Waals surface area contributed by atoms with E-state index in [2.05, 4.69) is 15.4 Å². The van der Waals surface area contributed by atoms with Crippen molar-refractivity contribution in [1.29, 1.82) is 0 Å². The summed E-state index contributed by atoms with van der Waals surface area (Å²) in [7, 11) is -3.80. The minimum atomic E-state index is -3.80. The van der Waals surface area contributed by atoms with Crippen molar-refractivity contribution in [2.75, 3.05) is 22.0 Å². The lowest BCUT2D eigenvalue weighted by atomic mass is 10.1. The maximum Gasteiger partial charge on any atom is 0.338 e. The van der Waals surface area contributed by atoms with Crippen LogP contribution in [0, 0.1) is 20.8 Å². The maximum absolute atomic E-state index is 12.8. The Kier molecular flexibility index (Phi) is 7.57. The quantitative estimate of drug-likeness (QED) is 0.400. The van der Waals surface area contributed by atoms with Crippen molar-refractivity contribution >= 4 is 39.1 Å². The maximum atomic E-state index is 12.8. The van der Waals surface area contributed by atoms with E-state index in [1.165, 1.54) is 24.3 Å². The smallest absolute Gasteiger partial charge is 0.338 e. The molecule has 178 valence electrons. The van der Waals surface area contributed by atoms with Crippen LogP contribution in [0.1, 0.15) is 34.0 Å². The van der Waals surface area contributed by atoms with E-state index in [0.29, 0.717) is 22.6 Å². The van der Waals surface area contributed by atoms with E-state index in [0.717, 1.165) is 16.7 Å². The Balaban J connectivity index is 1.64. The molecule has 3 aromatic carbocycles.